The zero-order valence-corrected chi connectivity index (χ0v) is 15.0. The lowest BCUT2D eigenvalue weighted by molar-refractivity contribution is -0.119. The van der Waals surface area contributed by atoms with Gasteiger partial charge in [-0.1, -0.05) is 52.3 Å². The highest BCUT2D eigenvalue weighted by molar-refractivity contribution is 9.10. The number of halogens is 1. The minimum absolute atomic E-state index is 0.262. The maximum atomic E-state index is 12.1. The number of nitrogens with zero attached hydrogens (tertiary/aromatic N) is 1. The zero-order valence-electron chi connectivity index (χ0n) is 12.6. The van der Waals surface area contributed by atoms with Crippen LogP contribution in [0.3, 0.4) is 0 Å². The number of hydrogen-bond acceptors (Lipinski definition) is 3. The second-order valence-corrected chi connectivity index (χ2v) is 7.83. The molecule has 0 atom stereocenters. The number of nitrogens with one attached hydrogen (secondary N) is 1. The molecule has 0 radical (unpaired) electrons. The molecule has 1 amide bonds. The highest BCUT2D eigenvalue weighted by Gasteiger charge is 2.20. The third-order valence-corrected chi connectivity index (χ3v) is 4.75. The molecule has 5 nitrogen and oxygen atoms in total. The van der Waals surface area contributed by atoms with Gasteiger partial charge in [-0.05, 0) is 23.8 Å². The summed E-state index contributed by atoms with van der Waals surface area (Å²) in [5, 5.41) is 2.73. The zero-order chi connectivity index (χ0) is 16.9. The summed E-state index contributed by atoms with van der Waals surface area (Å²) in [6.07, 6.45) is 1.08. The Morgan fingerprint density at radius 2 is 1.83 bits per heavy atom. The van der Waals surface area contributed by atoms with Crippen molar-refractivity contribution in [1.82, 2.24) is 5.32 Å². The van der Waals surface area contributed by atoms with Crippen molar-refractivity contribution >= 4 is 37.5 Å². The van der Waals surface area contributed by atoms with Crippen molar-refractivity contribution in [2.45, 2.75) is 6.54 Å². The lowest BCUT2D eigenvalue weighted by atomic mass is 10.2. The van der Waals surface area contributed by atoms with Crippen LogP contribution in [0.5, 0.6) is 0 Å². The summed E-state index contributed by atoms with van der Waals surface area (Å²) in [5.74, 6) is -0.362. The number of carbonyl (C=O) groups is 1. The topological polar surface area (TPSA) is 66.5 Å². The number of benzene rings is 2. The Balaban J connectivity index is 2.08. The van der Waals surface area contributed by atoms with Gasteiger partial charge >= 0.3 is 0 Å². The lowest BCUT2D eigenvalue weighted by Gasteiger charge is -2.22. The molecule has 23 heavy (non-hydrogen) atoms. The third kappa shape index (κ3) is 5.37. The average Bonchev–Trinajstić information content (AvgIpc) is 2.50. The van der Waals surface area contributed by atoms with Crippen molar-refractivity contribution in [2.75, 3.05) is 17.1 Å². The summed E-state index contributed by atoms with van der Waals surface area (Å²) in [6, 6.07) is 16.3. The smallest absolute Gasteiger partial charge is 0.241 e. The second-order valence-electron chi connectivity index (χ2n) is 5.01. The summed E-state index contributed by atoms with van der Waals surface area (Å²) >= 11 is 3.30. The van der Waals surface area contributed by atoms with E-state index in [1.165, 1.54) is 0 Å². The number of sulfonamides is 1. The van der Waals surface area contributed by atoms with E-state index in [1.807, 2.05) is 30.3 Å². The summed E-state index contributed by atoms with van der Waals surface area (Å²) in [7, 11) is -3.56. The van der Waals surface area contributed by atoms with Crippen LogP contribution in [0.25, 0.3) is 0 Å². The number of hydrogen-bond donors (Lipinski definition) is 1. The van der Waals surface area contributed by atoms with E-state index >= 15 is 0 Å². The first-order valence-electron chi connectivity index (χ1n) is 6.90. The fourth-order valence-corrected chi connectivity index (χ4v) is 3.25. The monoisotopic (exact) mass is 396 g/mol. The summed E-state index contributed by atoms with van der Waals surface area (Å²) in [5.41, 5.74) is 1.39. The van der Waals surface area contributed by atoms with Crippen LogP contribution < -0.4 is 9.62 Å². The Kier molecular flexibility index (Phi) is 5.79. The molecule has 0 aliphatic carbocycles. The van der Waals surface area contributed by atoms with E-state index in [2.05, 4.69) is 21.2 Å². The quantitative estimate of drug-likeness (QED) is 0.815. The fraction of sp³-hybridized carbons (Fsp3) is 0.188. The van der Waals surface area contributed by atoms with Crippen LogP contribution in [-0.4, -0.2) is 27.1 Å². The molecule has 7 heteroatoms. The molecule has 0 spiro atoms. The van der Waals surface area contributed by atoms with E-state index in [0.29, 0.717) is 12.2 Å². The van der Waals surface area contributed by atoms with Crippen molar-refractivity contribution in [3.8, 4) is 0 Å². The maximum absolute atomic E-state index is 12.1. The molecule has 2 aromatic rings. The Hall–Kier alpha value is -1.86. The van der Waals surface area contributed by atoms with E-state index in [9.17, 15) is 13.2 Å². The molecule has 0 saturated heterocycles. The van der Waals surface area contributed by atoms with E-state index in [1.54, 1.807) is 24.3 Å². The van der Waals surface area contributed by atoms with Gasteiger partial charge in [0.15, 0.2) is 0 Å². The first kappa shape index (κ1) is 17.5. The standard InChI is InChI=1S/C16H17BrN2O3S/c1-23(21,22)19(15-9-5-8-14(17)10-15)12-16(20)18-11-13-6-3-2-4-7-13/h2-10H,11-12H2,1H3,(H,18,20). The number of anilines is 1. The van der Waals surface area contributed by atoms with Crippen molar-refractivity contribution in [1.29, 1.82) is 0 Å². The molecular formula is C16H17BrN2O3S. The van der Waals surface area contributed by atoms with Crippen LogP contribution in [-0.2, 0) is 21.4 Å². The Morgan fingerprint density at radius 1 is 1.13 bits per heavy atom. The molecule has 0 saturated carbocycles. The molecule has 0 aliphatic rings. The van der Waals surface area contributed by atoms with Crippen LogP contribution in [0.2, 0.25) is 0 Å². The number of carbonyl (C=O) groups excluding carboxylic acids is 1. The predicted molar refractivity (Wildman–Crippen MR) is 94.6 cm³/mol. The highest BCUT2D eigenvalue weighted by atomic mass is 79.9. The van der Waals surface area contributed by atoms with Gasteiger partial charge in [-0.15, -0.1) is 0 Å². The summed E-state index contributed by atoms with van der Waals surface area (Å²) < 4.78 is 25.8. The van der Waals surface area contributed by atoms with Crippen molar-refractivity contribution in [2.24, 2.45) is 0 Å². The molecule has 1 N–H and O–H groups in total. The second kappa shape index (κ2) is 7.61. The van der Waals surface area contributed by atoms with E-state index in [0.717, 1.165) is 20.6 Å². The van der Waals surface area contributed by atoms with Gasteiger partial charge in [0.1, 0.15) is 6.54 Å². The molecule has 0 bridgehead atoms. The normalized spacial score (nSPS) is 11.0. The molecule has 0 heterocycles. The summed E-state index contributed by atoms with van der Waals surface area (Å²) in [4.78, 5) is 12.1. The molecule has 0 unspecified atom stereocenters. The molecule has 122 valence electrons. The molecule has 0 aliphatic heterocycles. The van der Waals surface area contributed by atoms with Gasteiger partial charge in [0.05, 0.1) is 11.9 Å². The van der Waals surface area contributed by atoms with Crippen LogP contribution in [0.1, 0.15) is 5.56 Å². The van der Waals surface area contributed by atoms with E-state index < -0.39 is 10.0 Å². The maximum Gasteiger partial charge on any atom is 0.241 e. The van der Waals surface area contributed by atoms with Gasteiger partial charge in [-0.25, -0.2) is 8.42 Å². The SMILES string of the molecule is CS(=O)(=O)N(CC(=O)NCc1ccccc1)c1cccc(Br)c1. The molecule has 0 aromatic heterocycles. The van der Waals surface area contributed by atoms with Gasteiger partial charge < -0.3 is 5.32 Å². The predicted octanol–water partition coefficient (Wildman–Crippen LogP) is 2.53. The van der Waals surface area contributed by atoms with Gasteiger partial charge in [0.25, 0.3) is 0 Å². The summed E-state index contributed by atoms with van der Waals surface area (Å²) in [6.45, 7) is 0.0951. The Morgan fingerprint density at radius 3 is 2.43 bits per heavy atom. The van der Waals surface area contributed by atoms with Crippen molar-refractivity contribution in [3.05, 3.63) is 64.6 Å². The fourth-order valence-electron chi connectivity index (χ4n) is 2.01. The van der Waals surface area contributed by atoms with Gasteiger partial charge in [-0.3, -0.25) is 9.10 Å². The largest absolute Gasteiger partial charge is 0.350 e. The molecular weight excluding hydrogens is 380 g/mol. The number of amides is 1. The lowest BCUT2D eigenvalue weighted by Crippen LogP contribution is -2.40. The minimum atomic E-state index is -3.56. The van der Waals surface area contributed by atoms with Crippen molar-refractivity contribution < 1.29 is 13.2 Å². The molecule has 2 rings (SSSR count). The molecule has 2 aromatic carbocycles. The average molecular weight is 397 g/mol. The van der Waals surface area contributed by atoms with Crippen LogP contribution in [0, 0.1) is 0 Å². The van der Waals surface area contributed by atoms with E-state index in [-0.39, 0.29) is 12.5 Å². The minimum Gasteiger partial charge on any atom is -0.350 e. The van der Waals surface area contributed by atoms with Crippen molar-refractivity contribution in [3.63, 3.8) is 0 Å². The third-order valence-electron chi connectivity index (χ3n) is 3.12. The van der Waals surface area contributed by atoms with Crippen LogP contribution in [0.4, 0.5) is 5.69 Å². The van der Waals surface area contributed by atoms with Gasteiger partial charge in [-0.2, -0.15) is 0 Å². The van der Waals surface area contributed by atoms with Gasteiger partial charge in [0.2, 0.25) is 15.9 Å². The molecule has 0 fully saturated rings. The van der Waals surface area contributed by atoms with Crippen LogP contribution in [0.15, 0.2) is 59.1 Å². The first-order chi connectivity index (χ1) is 10.9. The first-order valence-corrected chi connectivity index (χ1v) is 9.54. The Bertz CT molecular complexity index is 779. The van der Waals surface area contributed by atoms with E-state index in [4.69, 9.17) is 0 Å². The highest BCUT2D eigenvalue weighted by Crippen LogP contribution is 2.21. The van der Waals surface area contributed by atoms with Gasteiger partial charge in [0, 0.05) is 11.0 Å². The Labute approximate surface area is 144 Å². The van der Waals surface area contributed by atoms with Crippen LogP contribution >= 0.6 is 15.9 Å². The number of rotatable bonds is 6.